The Kier molecular flexibility index (Phi) is 4.21. The molecule has 0 aliphatic rings. The zero-order valence-electron chi connectivity index (χ0n) is 10.3. The number of carbonyl (C=O) groups excluding carboxylic acids is 1. The number of aromatic amines is 1. The number of pyridine rings is 1. The summed E-state index contributed by atoms with van der Waals surface area (Å²) >= 11 is 3.37. The molecule has 1 heterocycles. The first kappa shape index (κ1) is 13.6. The van der Waals surface area contributed by atoms with E-state index in [1.807, 2.05) is 12.1 Å². The normalized spacial score (nSPS) is 10.4. The van der Waals surface area contributed by atoms with E-state index in [1.54, 1.807) is 19.2 Å². The highest BCUT2D eigenvalue weighted by atomic mass is 79.9. The van der Waals surface area contributed by atoms with Gasteiger partial charge in [0.05, 0.1) is 12.0 Å². The number of rotatable bonds is 4. The molecule has 100 valence electrons. The summed E-state index contributed by atoms with van der Waals surface area (Å²) in [6.07, 6.45) is 1.61. The van der Waals surface area contributed by atoms with Crippen LogP contribution in [0.25, 0.3) is 10.8 Å². The van der Waals surface area contributed by atoms with Crippen LogP contribution in [0.2, 0.25) is 0 Å². The van der Waals surface area contributed by atoms with Gasteiger partial charge in [-0.3, -0.25) is 9.59 Å². The number of H-pyrrole nitrogens is 1. The highest BCUT2D eigenvalue weighted by molar-refractivity contribution is 9.10. The predicted molar refractivity (Wildman–Crippen MR) is 77.4 cm³/mol. The summed E-state index contributed by atoms with van der Waals surface area (Å²) in [5.74, 6) is -0.328. The topological polar surface area (TPSA) is 71.2 Å². The standard InChI is InChI=1S/C13H13BrN2O3/c1-2-19-12(17)7-15-8-3-4-9-10(5-8)13(18)16-6-11(9)14/h3-6,15H,2,7H2,1H3,(H,16,18). The quantitative estimate of drug-likeness (QED) is 0.846. The van der Waals surface area contributed by atoms with Gasteiger partial charge in [-0.05, 0) is 35.0 Å². The van der Waals surface area contributed by atoms with Crippen molar-refractivity contribution in [1.29, 1.82) is 0 Å². The lowest BCUT2D eigenvalue weighted by Crippen LogP contribution is -2.16. The Bertz CT molecular complexity index is 666. The molecule has 0 atom stereocenters. The molecular weight excluding hydrogens is 312 g/mol. The van der Waals surface area contributed by atoms with E-state index in [0.29, 0.717) is 17.7 Å². The van der Waals surface area contributed by atoms with Gasteiger partial charge in [0, 0.05) is 21.7 Å². The Morgan fingerprint density at radius 2 is 2.21 bits per heavy atom. The van der Waals surface area contributed by atoms with Crippen molar-refractivity contribution in [2.24, 2.45) is 0 Å². The van der Waals surface area contributed by atoms with Crippen LogP contribution in [0, 0.1) is 0 Å². The highest BCUT2D eigenvalue weighted by Crippen LogP contribution is 2.22. The van der Waals surface area contributed by atoms with Crippen molar-refractivity contribution in [1.82, 2.24) is 4.98 Å². The molecule has 0 saturated heterocycles. The van der Waals surface area contributed by atoms with E-state index >= 15 is 0 Å². The van der Waals surface area contributed by atoms with Gasteiger partial charge in [-0.1, -0.05) is 6.07 Å². The van der Waals surface area contributed by atoms with Crippen molar-refractivity contribution in [2.75, 3.05) is 18.5 Å². The van der Waals surface area contributed by atoms with E-state index in [2.05, 4.69) is 26.2 Å². The van der Waals surface area contributed by atoms with Gasteiger partial charge in [0.15, 0.2) is 0 Å². The monoisotopic (exact) mass is 324 g/mol. The molecule has 0 saturated carbocycles. The molecule has 2 aromatic rings. The van der Waals surface area contributed by atoms with Crippen LogP contribution in [0.5, 0.6) is 0 Å². The molecule has 0 aliphatic heterocycles. The second-order valence-electron chi connectivity index (χ2n) is 3.88. The second-order valence-corrected chi connectivity index (χ2v) is 4.74. The summed E-state index contributed by atoms with van der Waals surface area (Å²) in [6, 6.07) is 5.34. The fourth-order valence-electron chi connectivity index (χ4n) is 1.72. The average molecular weight is 325 g/mol. The molecule has 0 radical (unpaired) electrons. The lowest BCUT2D eigenvalue weighted by Gasteiger charge is -2.07. The van der Waals surface area contributed by atoms with Crippen molar-refractivity contribution in [2.45, 2.75) is 6.92 Å². The van der Waals surface area contributed by atoms with Crippen molar-refractivity contribution in [3.05, 3.63) is 39.2 Å². The number of nitrogens with one attached hydrogen (secondary N) is 2. The number of anilines is 1. The fourth-order valence-corrected chi connectivity index (χ4v) is 2.18. The van der Waals surface area contributed by atoms with Crippen LogP contribution >= 0.6 is 15.9 Å². The summed E-state index contributed by atoms with van der Waals surface area (Å²) in [5, 5.41) is 4.31. The van der Waals surface area contributed by atoms with Crippen LogP contribution in [0.1, 0.15) is 6.92 Å². The van der Waals surface area contributed by atoms with Crippen molar-refractivity contribution >= 4 is 38.4 Å². The number of carbonyl (C=O) groups is 1. The third kappa shape index (κ3) is 3.14. The first-order valence-corrected chi connectivity index (χ1v) is 6.61. The van der Waals surface area contributed by atoms with Crippen molar-refractivity contribution in [3.8, 4) is 0 Å². The van der Waals surface area contributed by atoms with Gasteiger partial charge in [-0.15, -0.1) is 0 Å². The highest BCUT2D eigenvalue weighted by Gasteiger charge is 2.05. The molecule has 5 nitrogen and oxygen atoms in total. The Morgan fingerprint density at radius 3 is 2.95 bits per heavy atom. The Hall–Kier alpha value is -1.82. The van der Waals surface area contributed by atoms with E-state index in [-0.39, 0.29) is 18.1 Å². The average Bonchev–Trinajstić information content (AvgIpc) is 2.41. The summed E-state index contributed by atoms with van der Waals surface area (Å²) in [5.41, 5.74) is 0.530. The van der Waals surface area contributed by atoms with Crippen LogP contribution in [0.15, 0.2) is 33.7 Å². The molecule has 1 aromatic carbocycles. The number of aromatic nitrogens is 1. The zero-order valence-corrected chi connectivity index (χ0v) is 11.9. The molecule has 0 aliphatic carbocycles. The number of esters is 1. The molecule has 6 heteroatoms. The summed E-state index contributed by atoms with van der Waals surface area (Å²) in [6.45, 7) is 2.18. The molecule has 19 heavy (non-hydrogen) atoms. The second kappa shape index (κ2) is 5.88. The van der Waals surface area contributed by atoms with Crippen LogP contribution in [0.4, 0.5) is 5.69 Å². The number of hydrogen-bond acceptors (Lipinski definition) is 4. The van der Waals surface area contributed by atoms with Crippen LogP contribution in [-0.2, 0) is 9.53 Å². The van der Waals surface area contributed by atoms with Gasteiger partial charge in [0.1, 0.15) is 6.54 Å². The maximum atomic E-state index is 11.7. The third-order valence-electron chi connectivity index (χ3n) is 2.59. The predicted octanol–water partition coefficient (Wildman–Crippen LogP) is 2.27. The number of benzene rings is 1. The van der Waals surface area contributed by atoms with E-state index in [9.17, 15) is 9.59 Å². The Labute approximate surface area is 118 Å². The van der Waals surface area contributed by atoms with Crippen molar-refractivity contribution in [3.63, 3.8) is 0 Å². The number of ether oxygens (including phenoxy) is 1. The number of hydrogen-bond donors (Lipinski definition) is 2. The molecule has 0 amide bonds. The van der Waals surface area contributed by atoms with Gasteiger partial charge in [-0.2, -0.15) is 0 Å². The van der Waals surface area contributed by atoms with E-state index in [1.165, 1.54) is 0 Å². The lowest BCUT2D eigenvalue weighted by molar-refractivity contribution is -0.140. The lowest BCUT2D eigenvalue weighted by atomic mass is 10.1. The Balaban J connectivity index is 2.25. The maximum absolute atomic E-state index is 11.7. The van der Waals surface area contributed by atoms with E-state index in [0.717, 1.165) is 9.86 Å². The molecule has 0 fully saturated rings. The number of fused-ring (bicyclic) bond motifs is 1. The van der Waals surface area contributed by atoms with Crippen LogP contribution in [0.3, 0.4) is 0 Å². The third-order valence-corrected chi connectivity index (χ3v) is 3.25. The largest absolute Gasteiger partial charge is 0.465 e. The van der Waals surface area contributed by atoms with Crippen molar-refractivity contribution < 1.29 is 9.53 Å². The minimum atomic E-state index is -0.328. The first-order chi connectivity index (χ1) is 9.11. The fraction of sp³-hybridized carbons (Fsp3) is 0.231. The van der Waals surface area contributed by atoms with Gasteiger partial charge < -0.3 is 15.0 Å². The molecule has 0 unspecified atom stereocenters. The molecule has 0 bridgehead atoms. The van der Waals surface area contributed by atoms with Gasteiger partial charge in [0.25, 0.3) is 5.56 Å². The first-order valence-electron chi connectivity index (χ1n) is 5.82. The Morgan fingerprint density at radius 1 is 1.42 bits per heavy atom. The smallest absolute Gasteiger partial charge is 0.325 e. The minimum Gasteiger partial charge on any atom is -0.465 e. The summed E-state index contributed by atoms with van der Waals surface area (Å²) in [7, 11) is 0. The number of halogens is 1. The van der Waals surface area contributed by atoms with Gasteiger partial charge in [0.2, 0.25) is 0 Å². The summed E-state index contributed by atoms with van der Waals surface area (Å²) < 4.78 is 5.64. The van der Waals surface area contributed by atoms with E-state index < -0.39 is 0 Å². The molecule has 0 spiro atoms. The summed E-state index contributed by atoms with van der Waals surface area (Å²) in [4.78, 5) is 25.6. The van der Waals surface area contributed by atoms with Gasteiger partial charge >= 0.3 is 5.97 Å². The molecular formula is C13H13BrN2O3. The van der Waals surface area contributed by atoms with Crippen LogP contribution < -0.4 is 10.9 Å². The van der Waals surface area contributed by atoms with Gasteiger partial charge in [-0.25, -0.2) is 0 Å². The molecule has 2 N–H and O–H groups in total. The van der Waals surface area contributed by atoms with Crippen LogP contribution in [-0.4, -0.2) is 24.1 Å². The zero-order chi connectivity index (χ0) is 13.8. The maximum Gasteiger partial charge on any atom is 0.325 e. The molecule has 2 rings (SSSR count). The minimum absolute atomic E-state index is 0.0747. The SMILES string of the molecule is CCOC(=O)CNc1ccc2c(Br)c[nH]c(=O)c2c1. The molecule has 1 aromatic heterocycles. The van der Waals surface area contributed by atoms with E-state index in [4.69, 9.17) is 4.74 Å².